The van der Waals surface area contributed by atoms with Gasteiger partial charge in [0.25, 0.3) is 6.23 Å². The standard InChI is InChI=1S/C27H38N2O9P/c1-5-20(6-2)16-35-27(33)18(3)28-39(34,38-22-12-8-7-9-13-22)36-17-23-24(31)25(32)26(37-23)29-14-10-11-21(15-29)19(4)30/h7-15,18,20,23-26,31-32H,5-6,16-17H2,1-4H3,(H,28,34)/q+1/t18-,23+,24-,25?,26+,39?/m0/s1. The van der Waals surface area contributed by atoms with E-state index in [0.717, 1.165) is 12.8 Å². The van der Waals surface area contributed by atoms with Crippen molar-refractivity contribution in [3.05, 3.63) is 60.4 Å². The van der Waals surface area contributed by atoms with Crippen molar-refractivity contribution in [2.75, 3.05) is 13.2 Å². The Bertz CT molecular complexity index is 1150. The molecule has 0 aliphatic carbocycles. The van der Waals surface area contributed by atoms with Crippen molar-refractivity contribution in [3.8, 4) is 5.75 Å². The van der Waals surface area contributed by atoms with Gasteiger partial charge in [-0.15, -0.1) is 0 Å². The maximum Gasteiger partial charge on any atom is 0.459 e. The Morgan fingerprint density at radius 1 is 1.10 bits per heavy atom. The Labute approximate surface area is 228 Å². The molecule has 214 valence electrons. The van der Waals surface area contributed by atoms with E-state index in [2.05, 4.69) is 5.09 Å². The molecule has 1 aliphatic rings. The van der Waals surface area contributed by atoms with Gasteiger partial charge in [-0.25, -0.2) is 4.57 Å². The van der Waals surface area contributed by atoms with Gasteiger partial charge < -0.3 is 24.2 Å². The highest BCUT2D eigenvalue weighted by Gasteiger charge is 2.49. The summed E-state index contributed by atoms with van der Waals surface area (Å²) in [6.45, 7) is 6.73. The average molecular weight is 566 g/mol. The molecule has 39 heavy (non-hydrogen) atoms. The predicted molar refractivity (Wildman–Crippen MR) is 141 cm³/mol. The lowest BCUT2D eigenvalue weighted by molar-refractivity contribution is -0.765. The third-order valence-electron chi connectivity index (χ3n) is 6.56. The molecule has 1 aromatic carbocycles. The number of aliphatic hydroxyl groups is 2. The van der Waals surface area contributed by atoms with E-state index in [-0.39, 0.29) is 24.1 Å². The monoisotopic (exact) mass is 565 g/mol. The normalized spacial score (nSPS) is 23.3. The lowest BCUT2D eigenvalue weighted by Crippen LogP contribution is -2.46. The van der Waals surface area contributed by atoms with Crippen LogP contribution in [0.25, 0.3) is 0 Å². The quantitative estimate of drug-likeness (QED) is 0.135. The summed E-state index contributed by atoms with van der Waals surface area (Å²) in [7, 11) is -4.20. The van der Waals surface area contributed by atoms with Crippen LogP contribution in [0.1, 0.15) is 57.1 Å². The molecule has 1 saturated heterocycles. The van der Waals surface area contributed by atoms with Crippen molar-refractivity contribution < 1.29 is 47.5 Å². The van der Waals surface area contributed by atoms with Crippen LogP contribution in [0, 0.1) is 5.92 Å². The molecule has 1 aromatic heterocycles. The van der Waals surface area contributed by atoms with Crippen molar-refractivity contribution in [2.45, 2.75) is 71.1 Å². The molecule has 0 radical (unpaired) electrons. The summed E-state index contributed by atoms with van der Waals surface area (Å²) in [4.78, 5) is 24.4. The molecule has 1 fully saturated rings. The average Bonchev–Trinajstić information content (AvgIpc) is 3.21. The van der Waals surface area contributed by atoms with Gasteiger partial charge in [0.1, 0.15) is 24.0 Å². The molecule has 3 N–H and O–H groups in total. The summed E-state index contributed by atoms with van der Waals surface area (Å²) in [5.74, 6) is -0.334. The van der Waals surface area contributed by atoms with Gasteiger partial charge in [-0.1, -0.05) is 44.9 Å². The van der Waals surface area contributed by atoms with Crippen LogP contribution in [0.5, 0.6) is 5.75 Å². The molecule has 0 amide bonds. The van der Waals surface area contributed by atoms with Gasteiger partial charge >= 0.3 is 13.7 Å². The Hall–Kier alpha value is -2.66. The Balaban J connectivity index is 1.71. The second kappa shape index (κ2) is 14.1. The molecule has 12 heteroatoms. The third-order valence-corrected chi connectivity index (χ3v) is 8.20. The first-order chi connectivity index (χ1) is 18.6. The van der Waals surface area contributed by atoms with Crippen LogP contribution in [0.3, 0.4) is 0 Å². The van der Waals surface area contributed by atoms with E-state index in [1.807, 2.05) is 13.8 Å². The number of hydrogen-bond acceptors (Lipinski definition) is 9. The number of carbonyl (C=O) groups is 2. The van der Waals surface area contributed by atoms with Crippen LogP contribution in [0.2, 0.25) is 0 Å². The fraction of sp³-hybridized carbons (Fsp3) is 0.519. The van der Waals surface area contributed by atoms with Crippen molar-refractivity contribution in [2.24, 2.45) is 5.92 Å². The zero-order valence-corrected chi connectivity index (χ0v) is 23.5. The molecule has 0 saturated carbocycles. The van der Waals surface area contributed by atoms with Crippen molar-refractivity contribution in [3.63, 3.8) is 0 Å². The van der Waals surface area contributed by atoms with E-state index in [4.69, 9.17) is 18.5 Å². The minimum Gasteiger partial charge on any atom is -0.464 e. The van der Waals surface area contributed by atoms with Crippen LogP contribution in [0.4, 0.5) is 0 Å². The summed E-state index contributed by atoms with van der Waals surface area (Å²) < 4.78 is 37.7. The Morgan fingerprint density at radius 3 is 2.44 bits per heavy atom. The maximum atomic E-state index is 13.8. The van der Waals surface area contributed by atoms with Gasteiger partial charge in [0.05, 0.1) is 18.8 Å². The minimum absolute atomic E-state index is 0.171. The summed E-state index contributed by atoms with van der Waals surface area (Å²) >= 11 is 0. The summed E-state index contributed by atoms with van der Waals surface area (Å²) in [6, 6.07) is 10.5. The van der Waals surface area contributed by atoms with E-state index < -0.39 is 50.9 Å². The number of nitrogens with zero attached hydrogens (tertiary/aromatic N) is 1. The number of nitrogens with one attached hydrogen (secondary N) is 1. The van der Waals surface area contributed by atoms with Gasteiger partial charge in [0.2, 0.25) is 0 Å². The highest BCUT2D eigenvalue weighted by Crippen LogP contribution is 2.45. The predicted octanol–water partition coefficient (Wildman–Crippen LogP) is 2.96. The van der Waals surface area contributed by atoms with Crippen LogP contribution < -0.4 is 14.2 Å². The van der Waals surface area contributed by atoms with Gasteiger partial charge in [-0.3, -0.25) is 14.1 Å². The zero-order chi connectivity index (χ0) is 28.6. The van der Waals surface area contributed by atoms with E-state index in [1.165, 1.54) is 24.6 Å². The second-order valence-corrected chi connectivity index (χ2v) is 11.2. The minimum atomic E-state index is -4.20. The van der Waals surface area contributed by atoms with Crippen LogP contribution >= 0.6 is 7.75 Å². The Morgan fingerprint density at radius 2 is 1.79 bits per heavy atom. The van der Waals surface area contributed by atoms with E-state index in [9.17, 15) is 24.4 Å². The highest BCUT2D eigenvalue weighted by molar-refractivity contribution is 7.52. The number of benzene rings is 1. The lowest BCUT2D eigenvalue weighted by atomic mass is 10.1. The van der Waals surface area contributed by atoms with E-state index in [0.29, 0.717) is 5.56 Å². The molecule has 2 aromatic rings. The topological polar surface area (TPSA) is 144 Å². The van der Waals surface area contributed by atoms with Crippen LogP contribution in [0.15, 0.2) is 54.9 Å². The van der Waals surface area contributed by atoms with E-state index >= 15 is 0 Å². The molecule has 11 nitrogen and oxygen atoms in total. The Kier molecular flexibility index (Phi) is 11.2. The van der Waals surface area contributed by atoms with Crippen LogP contribution in [-0.4, -0.2) is 59.5 Å². The number of Topliss-reactive ketones (excluding diaryl/α,β-unsaturated/α-hetero) is 1. The maximum absolute atomic E-state index is 13.8. The first-order valence-corrected chi connectivity index (χ1v) is 14.6. The van der Waals surface area contributed by atoms with Crippen molar-refractivity contribution in [1.29, 1.82) is 0 Å². The number of rotatable bonds is 14. The summed E-state index contributed by atoms with van der Waals surface area (Å²) in [5.41, 5.74) is 0.400. The second-order valence-electron chi connectivity index (χ2n) is 9.50. The number of para-hydroxylation sites is 1. The van der Waals surface area contributed by atoms with Gasteiger partial charge in [-0.2, -0.15) is 9.65 Å². The molecule has 2 heterocycles. The molecule has 3 rings (SSSR count). The molecule has 1 aliphatic heterocycles. The fourth-order valence-electron chi connectivity index (χ4n) is 3.99. The number of carbonyl (C=O) groups excluding carboxylic acids is 2. The molecule has 0 spiro atoms. The number of aliphatic hydroxyl groups excluding tert-OH is 2. The van der Waals surface area contributed by atoms with E-state index in [1.54, 1.807) is 48.7 Å². The number of hydrogen-bond donors (Lipinski definition) is 3. The third kappa shape index (κ3) is 8.41. The smallest absolute Gasteiger partial charge is 0.459 e. The van der Waals surface area contributed by atoms with Crippen molar-refractivity contribution in [1.82, 2.24) is 5.09 Å². The molecule has 0 bridgehead atoms. The molecular formula is C27H38N2O9P+. The molecule has 2 unspecified atom stereocenters. The first kappa shape index (κ1) is 30.9. The summed E-state index contributed by atoms with van der Waals surface area (Å²) in [5, 5.41) is 23.9. The number of esters is 1. The molecule has 6 atom stereocenters. The number of aromatic nitrogens is 1. The summed E-state index contributed by atoms with van der Waals surface area (Å²) in [6.07, 6.45) is -0.0406. The number of pyridine rings is 1. The van der Waals surface area contributed by atoms with Crippen LogP contribution in [-0.2, 0) is 23.4 Å². The largest absolute Gasteiger partial charge is 0.464 e. The van der Waals surface area contributed by atoms with Gasteiger partial charge in [0.15, 0.2) is 24.3 Å². The zero-order valence-electron chi connectivity index (χ0n) is 22.6. The number of ketones is 1. The van der Waals surface area contributed by atoms with Gasteiger partial charge in [-0.05, 0) is 38.0 Å². The SMILES string of the molecule is CCC(CC)COC(=O)[C@H](C)NP(=O)(OC[C@H]1O[C@@H]([n+]2cccc(C(C)=O)c2)C(O)[C@H]1O)Oc1ccccc1. The molecular weight excluding hydrogens is 527 g/mol. The fourth-order valence-corrected chi connectivity index (χ4v) is 5.50. The van der Waals surface area contributed by atoms with Crippen molar-refractivity contribution >= 4 is 19.5 Å². The first-order valence-electron chi connectivity index (χ1n) is 13.0. The van der Waals surface area contributed by atoms with Gasteiger partial charge in [0, 0.05) is 6.07 Å². The lowest BCUT2D eigenvalue weighted by Gasteiger charge is -2.24. The highest BCUT2D eigenvalue weighted by atomic mass is 31.2. The number of ether oxygens (including phenoxy) is 2.